The summed E-state index contributed by atoms with van der Waals surface area (Å²) in [4.78, 5) is 27.8. The van der Waals surface area contributed by atoms with Crippen LogP contribution in [0.1, 0.15) is 61.9 Å². The van der Waals surface area contributed by atoms with Gasteiger partial charge < -0.3 is 19.7 Å². The summed E-state index contributed by atoms with van der Waals surface area (Å²) >= 11 is 0. The van der Waals surface area contributed by atoms with Gasteiger partial charge in [0.25, 0.3) is 5.91 Å². The van der Waals surface area contributed by atoms with Crippen LogP contribution in [0.15, 0.2) is 42.5 Å². The second kappa shape index (κ2) is 12.0. The number of amides is 2. The number of hydrogen-bond acceptors (Lipinski definition) is 4. The van der Waals surface area contributed by atoms with Crippen LogP contribution in [-0.4, -0.2) is 49.6 Å². The summed E-state index contributed by atoms with van der Waals surface area (Å²) in [6.45, 7) is 9.74. The molecule has 0 bridgehead atoms. The van der Waals surface area contributed by atoms with Gasteiger partial charge in [0.1, 0.15) is 5.75 Å². The summed E-state index contributed by atoms with van der Waals surface area (Å²) in [5.41, 5.74) is 4.55. The van der Waals surface area contributed by atoms with E-state index in [-0.39, 0.29) is 17.9 Å². The highest BCUT2D eigenvalue weighted by Crippen LogP contribution is 2.38. The molecule has 1 aliphatic heterocycles. The van der Waals surface area contributed by atoms with Crippen LogP contribution in [0.25, 0.3) is 0 Å². The summed E-state index contributed by atoms with van der Waals surface area (Å²) in [6, 6.07) is 14.2. The van der Waals surface area contributed by atoms with Gasteiger partial charge >= 0.3 is 0 Å². The molecule has 2 aromatic carbocycles. The van der Waals surface area contributed by atoms with Crippen LogP contribution in [-0.2, 0) is 20.7 Å². The zero-order chi connectivity index (χ0) is 24.7. The Kier molecular flexibility index (Phi) is 9.11. The van der Waals surface area contributed by atoms with Crippen LogP contribution >= 0.6 is 0 Å². The lowest BCUT2D eigenvalue weighted by molar-refractivity contribution is -0.134. The molecule has 0 unspecified atom stereocenters. The molecule has 184 valence electrons. The zero-order valence-electron chi connectivity index (χ0n) is 21.1. The van der Waals surface area contributed by atoms with E-state index in [2.05, 4.69) is 56.4 Å². The molecule has 2 atom stereocenters. The van der Waals surface area contributed by atoms with Gasteiger partial charge in [0.05, 0.1) is 12.6 Å². The third-order valence-corrected chi connectivity index (χ3v) is 6.19. The average molecular weight is 467 g/mol. The second-order valence-corrected chi connectivity index (χ2v) is 9.41. The first-order valence-corrected chi connectivity index (χ1v) is 12.3. The second-order valence-electron chi connectivity index (χ2n) is 9.41. The molecule has 2 aromatic rings. The molecule has 1 aliphatic rings. The van der Waals surface area contributed by atoms with Crippen LogP contribution in [0.3, 0.4) is 0 Å². The number of nitrogens with zero attached hydrogens (tertiary/aromatic N) is 1. The third kappa shape index (κ3) is 6.38. The number of fused-ring (bicyclic) bond motifs is 1. The van der Waals surface area contributed by atoms with Crippen molar-refractivity contribution in [1.29, 1.82) is 0 Å². The minimum atomic E-state index is -0.588. The van der Waals surface area contributed by atoms with Gasteiger partial charge in [-0.3, -0.25) is 9.59 Å². The SMILES string of the molecule is CC[C@@H](Oc1ccc2c(c1)[C@@H](c1ccc(C)cc1)N(C(=O)CC(C)C)CC2)C(=O)NCCOC. The number of ether oxygens (including phenoxy) is 2. The van der Waals surface area contributed by atoms with Gasteiger partial charge in [-0.25, -0.2) is 0 Å². The number of aryl methyl sites for hydroxylation is 1. The van der Waals surface area contributed by atoms with Crippen molar-refractivity contribution in [3.8, 4) is 5.75 Å². The number of nitrogens with one attached hydrogen (secondary N) is 1. The molecule has 34 heavy (non-hydrogen) atoms. The molecule has 0 aromatic heterocycles. The smallest absolute Gasteiger partial charge is 0.261 e. The van der Waals surface area contributed by atoms with Gasteiger partial charge in [0.2, 0.25) is 5.91 Å². The topological polar surface area (TPSA) is 67.9 Å². The molecular formula is C28H38N2O4. The Morgan fingerprint density at radius 3 is 2.53 bits per heavy atom. The number of rotatable bonds is 10. The summed E-state index contributed by atoms with van der Waals surface area (Å²) in [5, 5.41) is 2.86. The first kappa shape index (κ1) is 25.8. The van der Waals surface area contributed by atoms with E-state index in [9.17, 15) is 9.59 Å². The van der Waals surface area contributed by atoms with Gasteiger partial charge in [0.15, 0.2) is 6.10 Å². The Morgan fingerprint density at radius 1 is 1.15 bits per heavy atom. The highest BCUT2D eigenvalue weighted by atomic mass is 16.5. The van der Waals surface area contributed by atoms with E-state index in [1.54, 1.807) is 7.11 Å². The highest BCUT2D eigenvalue weighted by molar-refractivity contribution is 5.81. The van der Waals surface area contributed by atoms with Gasteiger partial charge in [-0.2, -0.15) is 0 Å². The lowest BCUT2D eigenvalue weighted by Crippen LogP contribution is -2.41. The van der Waals surface area contributed by atoms with E-state index >= 15 is 0 Å². The number of methoxy groups -OCH3 is 1. The lowest BCUT2D eigenvalue weighted by Gasteiger charge is -2.38. The molecule has 3 rings (SSSR count). The lowest BCUT2D eigenvalue weighted by atomic mass is 9.87. The molecule has 6 heteroatoms. The molecular weight excluding hydrogens is 428 g/mol. The fourth-order valence-electron chi connectivity index (χ4n) is 4.39. The minimum Gasteiger partial charge on any atom is -0.481 e. The minimum absolute atomic E-state index is 0.152. The highest BCUT2D eigenvalue weighted by Gasteiger charge is 2.32. The van der Waals surface area contributed by atoms with Gasteiger partial charge in [0, 0.05) is 26.6 Å². The maximum atomic E-state index is 13.2. The van der Waals surface area contributed by atoms with E-state index < -0.39 is 6.10 Å². The van der Waals surface area contributed by atoms with Crippen LogP contribution in [0.4, 0.5) is 0 Å². The van der Waals surface area contributed by atoms with Crippen molar-refractivity contribution in [1.82, 2.24) is 10.2 Å². The van der Waals surface area contributed by atoms with Gasteiger partial charge in [-0.05, 0) is 54.5 Å². The van der Waals surface area contributed by atoms with E-state index in [0.717, 1.165) is 17.5 Å². The van der Waals surface area contributed by atoms with Crippen molar-refractivity contribution >= 4 is 11.8 Å². The molecule has 0 spiro atoms. The summed E-state index contributed by atoms with van der Waals surface area (Å²) < 4.78 is 11.1. The summed E-state index contributed by atoms with van der Waals surface area (Å²) in [6.07, 6.45) is 1.29. The predicted octanol–water partition coefficient (Wildman–Crippen LogP) is 4.44. The van der Waals surface area contributed by atoms with Crippen molar-refractivity contribution in [2.24, 2.45) is 5.92 Å². The monoisotopic (exact) mass is 466 g/mol. The zero-order valence-corrected chi connectivity index (χ0v) is 21.1. The summed E-state index contributed by atoms with van der Waals surface area (Å²) in [7, 11) is 1.60. The first-order chi connectivity index (χ1) is 16.3. The fourth-order valence-corrected chi connectivity index (χ4v) is 4.39. The largest absolute Gasteiger partial charge is 0.481 e. The maximum Gasteiger partial charge on any atom is 0.261 e. The maximum absolute atomic E-state index is 13.2. The van der Waals surface area contributed by atoms with Crippen LogP contribution in [0.2, 0.25) is 0 Å². The Balaban J connectivity index is 1.92. The van der Waals surface area contributed by atoms with E-state index in [1.165, 1.54) is 11.1 Å². The molecule has 6 nitrogen and oxygen atoms in total. The molecule has 0 saturated carbocycles. The number of carbonyl (C=O) groups excluding carboxylic acids is 2. The van der Waals surface area contributed by atoms with Crippen LogP contribution in [0.5, 0.6) is 5.75 Å². The standard InChI is InChI=1S/C28H38N2O4/c1-6-25(28(32)29-14-16-33-5)34-23-12-11-21-13-15-30(26(31)17-19(2)3)27(24(21)18-23)22-9-7-20(4)8-10-22/h7-12,18-19,25,27H,6,13-17H2,1-5H3,(H,29,32)/t25-,27-/m1/s1. The number of hydrogen-bond donors (Lipinski definition) is 1. The fraction of sp³-hybridized carbons (Fsp3) is 0.500. The molecule has 1 N–H and O–H groups in total. The van der Waals surface area contributed by atoms with Crippen molar-refractivity contribution in [3.63, 3.8) is 0 Å². The van der Waals surface area contributed by atoms with Crippen molar-refractivity contribution < 1.29 is 19.1 Å². The summed E-state index contributed by atoms with van der Waals surface area (Å²) in [5.74, 6) is 0.953. The van der Waals surface area contributed by atoms with E-state index in [1.807, 2.05) is 24.0 Å². The normalized spacial score (nSPS) is 16.2. The Labute approximate surface area is 203 Å². The van der Waals surface area contributed by atoms with Crippen molar-refractivity contribution in [2.75, 3.05) is 26.8 Å². The van der Waals surface area contributed by atoms with E-state index in [0.29, 0.717) is 44.2 Å². The van der Waals surface area contributed by atoms with Crippen LogP contribution in [0, 0.1) is 12.8 Å². The third-order valence-electron chi connectivity index (χ3n) is 6.19. The van der Waals surface area contributed by atoms with Crippen molar-refractivity contribution in [2.45, 2.75) is 59.1 Å². The van der Waals surface area contributed by atoms with Gasteiger partial charge in [-0.15, -0.1) is 0 Å². The molecule has 0 fully saturated rings. The first-order valence-electron chi connectivity index (χ1n) is 12.3. The van der Waals surface area contributed by atoms with Gasteiger partial charge in [-0.1, -0.05) is 56.7 Å². The van der Waals surface area contributed by atoms with E-state index in [4.69, 9.17) is 9.47 Å². The van der Waals surface area contributed by atoms with Crippen LogP contribution < -0.4 is 10.1 Å². The average Bonchev–Trinajstić information content (AvgIpc) is 2.82. The molecule has 0 radical (unpaired) electrons. The molecule has 2 amide bonds. The Bertz CT molecular complexity index is 971. The predicted molar refractivity (Wildman–Crippen MR) is 134 cm³/mol. The molecule has 1 heterocycles. The van der Waals surface area contributed by atoms with Crippen molar-refractivity contribution in [3.05, 3.63) is 64.7 Å². The Morgan fingerprint density at radius 2 is 1.88 bits per heavy atom. The molecule has 0 aliphatic carbocycles. The number of carbonyl (C=O) groups is 2. The number of benzene rings is 2. The Hall–Kier alpha value is -2.86. The quantitative estimate of drug-likeness (QED) is 0.526. The molecule has 0 saturated heterocycles.